The summed E-state index contributed by atoms with van der Waals surface area (Å²) in [6, 6.07) is 4.50. The number of hydrogen-bond donors (Lipinski definition) is 2. The summed E-state index contributed by atoms with van der Waals surface area (Å²) in [7, 11) is -2.49. The van der Waals surface area contributed by atoms with Gasteiger partial charge in [-0.05, 0) is 37.5 Å². The third-order valence-corrected chi connectivity index (χ3v) is 5.92. The van der Waals surface area contributed by atoms with Gasteiger partial charge in [0.15, 0.2) is 0 Å². The number of ether oxygens (including phenoxy) is 1. The van der Waals surface area contributed by atoms with Crippen LogP contribution in [0.3, 0.4) is 0 Å². The van der Waals surface area contributed by atoms with E-state index in [9.17, 15) is 13.2 Å². The highest BCUT2D eigenvalue weighted by Crippen LogP contribution is 2.31. The Balaban J connectivity index is 2.38. The van der Waals surface area contributed by atoms with Crippen LogP contribution in [0.4, 0.5) is 0 Å². The number of methoxy groups -OCH3 is 1. The van der Waals surface area contributed by atoms with Crippen molar-refractivity contribution >= 4 is 16.0 Å². The lowest BCUT2D eigenvalue weighted by atomic mass is 10.0. The van der Waals surface area contributed by atoms with E-state index < -0.39 is 21.5 Å². The summed E-state index contributed by atoms with van der Waals surface area (Å²) >= 11 is 0. The Morgan fingerprint density at radius 3 is 2.55 bits per heavy atom. The number of aryl methyl sites for hydroxylation is 1. The van der Waals surface area contributed by atoms with Gasteiger partial charge in [-0.25, -0.2) is 17.9 Å². The van der Waals surface area contributed by atoms with Crippen molar-refractivity contribution in [2.75, 3.05) is 13.7 Å². The maximum absolute atomic E-state index is 12.7. The highest BCUT2D eigenvalue weighted by atomic mass is 32.2. The highest BCUT2D eigenvalue weighted by molar-refractivity contribution is 7.89. The molecule has 0 amide bonds. The molecule has 0 atom stereocenters. The first-order chi connectivity index (χ1) is 10.3. The van der Waals surface area contributed by atoms with Gasteiger partial charge in [-0.2, -0.15) is 0 Å². The van der Waals surface area contributed by atoms with Crippen LogP contribution in [0.25, 0.3) is 0 Å². The fourth-order valence-corrected chi connectivity index (χ4v) is 4.62. The summed E-state index contributed by atoms with van der Waals surface area (Å²) in [6.07, 6.45) is 3.39. The fraction of sp³-hybridized carbons (Fsp3) is 0.533. The quantitative estimate of drug-likeness (QED) is 0.795. The lowest BCUT2D eigenvalue weighted by Crippen LogP contribution is -2.51. The predicted molar refractivity (Wildman–Crippen MR) is 83.1 cm³/mol. The average molecular weight is 326 g/mol. The van der Waals surface area contributed by atoms with Crippen molar-refractivity contribution in [2.45, 2.75) is 43.0 Å². The number of rotatable bonds is 5. The second-order valence-electron chi connectivity index (χ2n) is 5.77. The molecule has 0 heterocycles. The van der Waals surface area contributed by atoms with E-state index in [2.05, 4.69) is 9.46 Å². The lowest BCUT2D eigenvalue weighted by Gasteiger charge is -2.28. The van der Waals surface area contributed by atoms with E-state index in [1.807, 2.05) is 0 Å². The number of carbonyl (C=O) groups is 1. The Kier molecular flexibility index (Phi) is 4.89. The van der Waals surface area contributed by atoms with Gasteiger partial charge in [0, 0.05) is 12.1 Å². The van der Waals surface area contributed by atoms with Crippen molar-refractivity contribution in [1.82, 2.24) is 4.72 Å². The van der Waals surface area contributed by atoms with Crippen LogP contribution in [0.1, 0.15) is 41.6 Å². The van der Waals surface area contributed by atoms with Gasteiger partial charge in [0.2, 0.25) is 10.0 Å². The molecule has 0 unspecified atom stereocenters. The van der Waals surface area contributed by atoms with Crippen molar-refractivity contribution in [3.63, 3.8) is 0 Å². The molecule has 1 fully saturated rings. The summed E-state index contributed by atoms with van der Waals surface area (Å²) in [5.74, 6) is -0.564. The topological polar surface area (TPSA) is 98.5 Å². The second-order valence-corrected chi connectivity index (χ2v) is 7.42. The van der Waals surface area contributed by atoms with E-state index in [0.29, 0.717) is 5.56 Å². The van der Waals surface area contributed by atoms with E-state index >= 15 is 0 Å². The first-order valence-corrected chi connectivity index (χ1v) is 8.75. The molecule has 1 saturated carbocycles. The number of nitrogens with two attached hydrogens (primary N) is 1. The Hall–Kier alpha value is -1.44. The number of nitrogens with one attached hydrogen (secondary N) is 1. The third kappa shape index (κ3) is 3.31. The van der Waals surface area contributed by atoms with Crippen LogP contribution < -0.4 is 10.5 Å². The lowest BCUT2D eigenvalue weighted by molar-refractivity contribution is 0.0600. The SMILES string of the molecule is COC(=O)c1ccc(C)c(S(=O)(=O)NC2(CN)CCCC2)c1. The van der Waals surface area contributed by atoms with Gasteiger partial charge >= 0.3 is 5.97 Å². The van der Waals surface area contributed by atoms with Crippen molar-refractivity contribution in [1.29, 1.82) is 0 Å². The minimum atomic E-state index is -3.75. The molecule has 1 aromatic rings. The number of benzene rings is 1. The molecule has 2 rings (SSSR count). The molecule has 1 aliphatic carbocycles. The maximum atomic E-state index is 12.7. The van der Waals surface area contributed by atoms with Crippen molar-refractivity contribution in [3.05, 3.63) is 29.3 Å². The minimum Gasteiger partial charge on any atom is -0.465 e. The molecule has 1 aromatic carbocycles. The van der Waals surface area contributed by atoms with Gasteiger partial charge in [0.25, 0.3) is 0 Å². The molecule has 3 N–H and O–H groups in total. The first kappa shape index (κ1) is 16.9. The van der Waals surface area contributed by atoms with Gasteiger partial charge in [-0.3, -0.25) is 0 Å². The van der Waals surface area contributed by atoms with Crippen LogP contribution in [0.2, 0.25) is 0 Å². The molecule has 1 aliphatic rings. The molecular weight excluding hydrogens is 304 g/mol. The monoisotopic (exact) mass is 326 g/mol. The average Bonchev–Trinajstić information content (AvgIpc) is 2.95. The largest absolute Gasteiger partial charge is 0.465 e. The molecule has 0 spiro atoms. The summed E-state index contributed by atoms with van der Waals surface area (Å²) < 4.78 is 32.8. The molecule has 122 valence electrons. The zero-order chi connectivity index (χ0) is 16.4. The summed E-state index contributed by atoms with van der Waals surface area (Å²) in [5, 5.41) is 0. The van der Waals surface area contributed by atoms with E-state index in [1.54, 1.807) is 19.1 Å². The molecular formula is C15H22N2O4S. The minimum absolute atomic E-state index is 0.0927. The highest BCUT2D eigenvalue weighted by Gasteiger charge is 2.37. The van der Waals surface area contributed by atoms with Crippen LogP contribution in [0, 0.1) is 6.92 Å². The summed E-state index contributed by atoms with van der Waals surface area (Å²) in [4.78, 5) is 11.7. The standard InChI is InChI=1S/C15H22N2O4S/c1-11-5-6-12(14(18)21-2)9-13(11)22(19,20)17-15(10-16)7-3-4-8-15/h5-6,9,17H,3-4,7-8,10,16H2,1-2H3. The normalized spacial score (nSPS) is 17.4. The molecule has 6 nitrogen and oxygen atoms in total. The fourth-order valence-electron chi connectivity index (χ4n) is 2.87. The Labute approximate surface area is 131 Å². The molecule has 22 heavy (non-hydrogen) atoms. The van der Waals surface area contributed by atoms with Crippen molar-refractivity contribution in [3.8, 4) is 0 Å². The van der Waals surface area contributed by atoms with E-state index in [-0.39, 0.29) is 17.0 Å². The van der Waals surface area contributed by atoms with Crippen LogP contribution in [0.15, 0.2) is 23.1 Å². The predicted octanol–water partition coefficient (Wildman–Crippen LogP) is 1.33. The van der Waals surface area contributed by atoms with Gasteiger partial charge < -0.3 is 10.5 Å². The number of sulfonamides is 1. The number of hydrogen-bond acceptors (Lipinski definition) is 5. The van der Waals surface area contributed by atoms with Gasteiger partial charge in [0.05, 0.1) is 17.6 Å². The second kappa shape index (κ2) is 6.36. The van der Waals surface area contributed by atoms with Crippen molar-refractivity contribution in [2.24, 2.45) is 5.73 Å². The van der Waals surface area contributed by atoms with Crippen LogP contribution in [-0.4, -0.2) is 33.6 Å². The molecule has 0 aromatic heterocycles. The Bertz CT molecular complexity index is 664. The van der Waals surface area contributed by atoms with Gasteiger partial charge in [0.1, 0.15) is 0 Å². The van der Waals surface area contributed by atoms with Crippen LogP contribution >= 0.6 is 0 Å². The van der Waals surface area contributed by atoms with E-state index in [0.717, 1.165) is 25.7 Å². The smallest absolute Gasteiger partial charge is 0.337 e. The molecule has 0 saturated heterocycles. The van der Waals surface area contributed by atoms with Gasteiger partial charge in [-0.15, -0.1) is 0 Å². The number of carbonyl (C=O) groups excluding carboxylic acids is 1. The van der Waals surface area contributed by atoms with Gasteiger partial charge in [-0.1, -0.05) is 18.9 Å². The summed E-state index contributed by atoms with van der Waals surface area (Å²) in [6.45, 7) is 1.96. The molecule has 0 radical (unpaired) electrons. The maximum Gasteiger partial charge on any atom is 0.337 e. The van der Waals surface area contributed by atoms with Crippen LogP contribution in [-0.2, 0) is 14.8 Å². The Morgan fingerprint density at radius 2 is 2.00 bits per heavy atom. The Morgan fingerprint density at radius 1 is 1.36 bits per heavy atom. The van der Waals surface area contributed by atoms with E-state index in [1.165, 1.54) is 13.2 Å². The summed E-state index contributed by atoms with van der Waals surface area (Å²) in [5.41, 5.74) is 6.00. The molecule has 7 heteroatoms. The zero-order valence-electron chi connectivity index (χ0n) is 12.9. The first-order valence-electron chi connectivity index (χ1n) is 7.27. The molecule has 0 bridgehead atoms. The number of esters is 1. The van der Waals surface area contributed by atoms with Crippen molar-refractivity contribution < 1.29 is 17.9 Å². The van der Waals surface area contributed by atoms with Crippen LogP contribution in [0.5, 0.6) is 0 Å². The third-order valence-electron chi connectivity index (χ3n) is 4.20. The van der Waals surface area contributed by atoms with E-state index in [4.69, 9.17) is 5.73 Å². The molecule has 0 aliphatic heterocycles. The zero-order valence-corrected chi connectivity index (χ0v) is 13.7.